The zero-order chi connectivity index (χ0) is 18.4. The summed E-state index contributed by atoms with van der Waals surface area (Å²) in [6.45, 7) is 0. The number of hydrogen-bond acceptors (Lipinski definition) is 5. The Kier molecular flexibility index (Phi) is 6.10. The van der Waals surface area contributed by atoms with Crippen LogP contribution in [0, 0.1) is 5.82 Å². The van der Waals surface area contributed by atoms with Gasteiger partial charge in [-0.05, 0) is 35.9 Å². The standard InChI is InChI=1S/C18H19FN2O4/c1-25-16(18(24)11-6-7-15(22)12(19)10-11)8-9-17(23)21-14-5-3-2-4-13(14)20/h2-10,16,18,22,24H,20H2,1H3,(H,21,23)/b9-8+/t16-,18-/m0/s1. The van der Waals surface area contributed by atoms with E-state index in [-0.39, 0.29) is 5.56 Å². The Morgan fingerprint density at radius 3 is 2.68 bits per heavy atom. The van der Waals surface area contributed by atoms with Gasteiger partial charge in [0.15, 0.2) is 11.6 Å². The second-order valence-electron chi connectivity index (χ2n) is 5.29. The molecule has 0 aliphatic carbocycles. The number of para-hydroxylation sites is 2. The van der Waals surface area contributed by atoms with Crippen LogP contribution in [0.1, 0.15) is 11.7 Å². The molecule has 25 heavy (non-hydrogen) atoms. The molecule has 0 aliphatic heterocycles. The van der Waals surface area contributed by atoms with Crippen LogP contribution in [0.25, 0.3) is 0 Å². The number of halogens is 1. The fourth-order valence-electron chi connectivity index (χ4n) is 2.18. The predicted octanol–water partition coefficient (Wildman–Crippen LogP) is 2.36. The average molecular weight is 346 g/mol. The molecule has 7 heteroatoms. The molecule has 2 rings (SSSR count). The first-order chi connectivity index (χ1) is 11.9. The highest BCUT2D eigenvalue weighted by Gasteiger charge is 2.19. The fourth-order valence-corrected chi connectivity index (χ4v) is 2.18. The number of phenolic OH excluding ortho intramolecular Hbond substituents is 1. The number of nitrogens with two attached hydrogens (primary N) is 1. The van der Waals surface area contributed by atoms with Crippen molar-refractivity contribution in [1.82, 2.24) is 0 Å². The van der Waals surface area contributed by atoms with Crippen LogP contribution >= 0.6 is 0 Å². The third-order valence-corrected chi connectivity index (χ3v) is 3.55. The SMILES string of the molecule is CO[C@@H](/C=C/C(=O)Nc1ccccc1N)[C@@H](O)c1ccc(O)c(F)c1. The maximum absolute atomic E-state index is 13.4. The van der Waals surface area contributed by atoms with Crippen LogP contribution in [0.15, 0.2) is 54.6 Å². The number of aromatic hydroxyl groups is 1. The molecular formula is C18H19FN2O4. The topological polar surface area (TPSA) is 105 Å². The van der Waals surface area contributed by atoms with Crippen LogP contribution in [-0.2, 0) is 9.53 Å². The number of amides is 1. The van der Waals surface area contributed by atoms with Gasteiger partial charge in [-0.3, -0.25) is 4.79 Å². The normalized spacial score (nSPS) is 13.6. The summed E-state index contributed by atoms with van der Waals surface area (Å²) in [6, 6.07) is 10.3. The zero-order valence-corrected chi connectivity index (χ0v) is 13.5. The van der Waals surface area contributed by atoms with Gasteiger partial charge in [0, 0.05) is 13.2 Å². The number of nitrogens with one attached hydrogen (secondary N) is 1. The third-order valence-electron chi connectivity index (χ3n) is 3.55. The molecule has 0 aliphatic rings. The van der Waals surface area contributed by atoms with E-state index in [1.807, 2.05) is 0 Å². The molecule has 2 aromatic rings. The van der Waals surface area contributed by atoms with Crippen molar-refractivity contribution < 1.29 is 24.1 Å². The quantitative estimate of drug-likeness (QED) is 0.475. The molecule has 5 N–H and O–H groups in total. The number of ether oxygens (including phenoxy) is 1. The minimum Gasteiger partial charge on any atom is -0.505 e. The van der Waals surface area contributed by atoms with E-state index in [0.29, 0.717) is 11.4 Å². The Bertz CT molecular complexity index is 779. The molecule has 1 amide bonds. The Morgan fingerprint density at radius 1 is 1.32 bits per heavy atom. The molecule has 0 radical (unpaired) electrons. The molecule has 2 atom stereocenters. The highest BCUT2D eigenvalue weighted by molar-refractivity contribution is 6.01. The van der Waals surface area contributed by atoms with Crippen LogP contribution < -0.4 is 11.1 Å². The molecule has 0 saturated carbocycles. The lowest BCUT2D eigenvalue weighted by Crippen LogP contribution is -2.20. The molecule has 132 valence electrons. The summed E-state index contributed by atoms with van der Waals surface area (Å²) in [6.07, 6.45) is 0.443. The zero-order valence-electron chi connectivity index (χ0n) is 13.5. The van der Waals surface area contributed by atoms with Gasteiger partial charge in [0.1, 0.15) is 12.2 Å². The molecule has 0 spiro atoms. The van der Waals surface area contributed by atoms with Crippen molar-refractivity contribution >= 4 is 17.3 Å². The summed E-state index contributed by atoms with van der Waals surface area (Å²) in [4.78, 5) is 12.0. The summed E-state index contributed by atoms with van der Waals surface area (Å²) in [5, 5.41) is 22.1. The van der Waals surface area contributed by atoms with Crippen molar-refractivity contribution in [3.63, 3.8) is 0 Å². The highest BCUT2D eigenvalue weighted by Crippen LogP contribution is 2.24. The highest BCUT2D eigenvalue weighted by atomic mass is 19.1. The summed E-state index contributed by atoms with van der Waals surface area (Å²) in [7, 11) is 1.35. The summed E-state index contributed by atoms with van der Waals surface area (Å²) in [5.74, 6) is -1.82. The minimum absolute atomic E-state index is 0.208. The number of hydrogen-bond donors (Lipinski definition) is 4. The average Bonchev–Trinajstić information content (AvgIpc) is 2.59. The van der Waals surface area contributed by atoms with E-state index in [4.69, 9.17) is 10.5 Å². The van der Waals surface area contributed by atoms with E-state index < -0.39 is 29.7 Å². The second-order valence-corrected chi connectivity index (χ2v) is 5.29. The number of carbonyl (C=O) groups is 1. The predicted molar refractivity (Wildman–Crippen MR) is 92.4 cm³/mol. The monoisotopic (exact) mass is 346 g/mol. The number of phenols is 1. The third kappa shape index (κ3) is 4.79. The van der Waals surface area contributed by atoms with E-state index >= 15 is 0 Å². The van der Waals surface area contributed by atoms with Crippen molar-refractivity contribution in [3.05, 3.63) is 66.0 Å². The molecule has 0 saturated heterocycles. The molecule has 6 nitrogen and oxygen atoms in total. The number of nitrogen functional groups attached to an aromatic ring is 1. The maximum Gasteiger partial charge on any atom is 0.248 e. The molecule has 0 aromatic heterocycles. The van der Waals surface area contributed by atoms with Crippen molar-refractivity contribution in [2.45, 2.75) is 12.2 Å². The Balaban J connectivity index is 2.07. The van der Waals surface area contributed by atoms with Gasteiger partial charge in [0.05, 0.1) is 11.4 Å². The second kappa shape index (κ2) is 8.27. The van der Waals surface area contributed by atoms with Gasteiger partial charge in [0.25, 0.3) is 0 Å². The molecule has 2 aromatic carbocycles. The number of aliphatic hydroxyl groups excluding tert-OH is 1. The number of benzene rings is 2. The van der Waals surface area contributed by atoms with Crippen LogP contribution in [0.2, 0.25) is 0 Å². The van der Waals surface area contributed by atoms with Crippen molar-refractivity contribution in [3.8, 4) is 5.75 Å². The smallest absolute Gasteiger partial charge is 0.248 e. The number of anilines is 2. The van der Waals surface area contributed by atoms with Gasteiger partial charge in [-0.25, -0.2) is 4.39 Å². The van der Waals surface area contributed by atoms with Crippen LogP contribution in [-0.4, -0.2) is 29.3 Å². The van der Waals surface area contributed by atoms with Crippen LogP contribution in [0.3, 0.4) is 0 Å². The minimum atomic E-state index is -1.22. The summed E-state index contributed by atoms with van der Waals surface area (Å²) >= 11 is 0. The lowest BCUT2D eigenvalue weighted by Gasteiger charge is -2.19. The molecule has 0 fully saturated rings. The fraction of sp³-hybridized carbons (Fsp3) is 0.167. The molecule has 0 heterocycles. The van der Waals surface area contributed by atoms with Gasteiger partial charge in [0.2, 0.25) is 5.91 Å². The lowest BCUT2D eigenvalue weighted by atomic mass is 10.0. The van der Waals surface area contributed by atoms with E-state index in [1.54, 1.807) is 24.3 Å². The first-order valence-electron chi connectivity index (χ1n) is 7.45. The van der Waals surface area contributed by atoms with E-state index in [1.165, 1.54) is 25.3 Å². The Morgan fingerprint density at radius 2 is 2.04 bits per heavy atom. The number of carbonyl (C=O) groups excluding carboxylic acids is 1. The van der Waals surface area contributed by atoms with Crippen LogP contribution in [0.4, 0.5) is 15.8 Å². The van der Waals surface area contributed by atoms with Gasteiger partial charge in [-0.1, -0.05) is 18.2 Å². The Hall–Kier alpha value is -2.90. The van der Waals surface area contributed by atoms with Crippen LogP contribution in [0.5, 0.6) is 5.75 Å². The van der Waals surface area contributed by atoms with Crippen molar-refractivity contribution in [2.24, 2.45) is 0 Å². The number of methoxy groups -OCH3 is 1. The largest absolute Gasteiger partial charge is 0.505 e. The molecular weight excluding hydrogens is 327 g/mol. The number of rotatable bonds is 6. The lowest BCUT2D eigenvalue weighted by molar-refractivity contribution is -0.112. The van der Waals surface area contributed by atoms with Crippen molar-refractivity contribution in [2.75, 3.05) is 18.2 Å². The Labute approximate surface area is 144 Å². The summed E-state index contributed by atoms with van der Waals surface area (Å²) in [5.41, 5.74) is 6.84. The van der Waals surface area contributed by atoms with E-state index in [2.05, 4.69) is 5.32 Å². The maximum atomic E-state index is 13.4. The van der Waals surface area contributed by atoms with Crippen molar-refractivity contribution in [1.29, 1.82) is 0 Å². The molecule has 0 bridgehead atoms. The first kappa shape index (κ1) is 18.4. The van der Waals surface area contributed by atoms with Gasteiger partial charge in [-0.2, -0.15) is 0 Å². The van der Waals surface area contributed by atoms with Gasteiger partial charge < -0.3 is 26.0 Å². The first-order valence-corrected chi connectivity index (χ1v) is 7.45. The molecule has 0 unspecified atom stereocenters. The van der Waals surface area contributed by atoms with E-state index in [0.717, 1.165) is 12.1 Å². The van der Waals surface area contributed by atoms with Gasteiger partial charge in [-0.15, -0.1) is 0 Å². The van der Waals surface area contributed by atoms with E-state index in [9.17, 15) is 19.4 Å². The van der Waals surface area contributed by atoms with Gasteiger partial charge >= 0.3 is 0 Å². The number of aliphatic hydroxyl groups is 1. The summed E-state index contributed by atoms with van der Waals surface area (Å²) < 4.78 is 18.5.